The Balaban J connectivity index is 1.20. The number of esters is 3. The van der Waals surface area contributed by atoms with Crippen LogP contribution in [-0.2, 0) is 130 Å². The Hall–Kier alpha value is -8.02. The van der Waals surface area contributed by atoms with Crippen LogP contribution in [0.25, 0.3) is 0 Å². The Morgan fingerprint density at radius 1 is 0.338 bits per heavy atom. The molecule has 3 heterocycles. The van der Waals surface area contributed by atoms with Crippen LogP contribution in [0.4, 0.5) is 74.6 Å². The van der Waals surface area contributed by atoms with Crippen LogP contribution in [0.2, 0.25) is 17.1 Å². The SMILES string of the molecule is C=CCCCO[C@@H]1O[C@H](CO[C@@H]2O[C@H](CO[C@@H]3O[C@H](CO[Si](CCC(F)(F)C(F)(F)C(F)(F)C(F)(F)C(F)(F)C(F)(F)C(F)(F)C(F)(F)F)(C(C)C)C(C)C)[C@@H](OCc4ccccc4)[C@H](OCc4ccccc4)[C@H]3OC(=O)C(C)(C)C)[C@@H](OCc3ccccc3)[C@H](OCc3ccccc3)[C@H]2OC(=O)C(C)(C)C)[C@@H](OCc2ccccc2)[C@H](OCc2ccccc2)[C@H]1OC(=O)C(C)(C)C. The van der Waals surface area contributed by atoms with Gasteiger partial charge in [0.2, 0.25) is 0 Å². The summed E-state index contributed by atoms with van der Waals surface area (Å²) in [5, 5.41) is 0. The Morgan fingerprint density at radius 2 is 0.586 bits per heavy atom. The number of unbranched alkanes of at least 4 members (excludes halogenated alkanes) is 1. The number of carbonyl (C=O) groups excluding carboxylic acids is 3. The summed E-state index contributed by atoms with van der Waals surface area (Å²) in [6.07, 6.45) is -31.8. The van der Waals surface area contributed by atoms with Crippen LogP contribution in [0.15, 0.2) is 195 Å². The van der Waals surface area contributed by atoms with Gasteiger partial charge in [0.1, 0.15) is 54.9 Å². The monoisotopic (exact) mass is 1920 g/mol. The first-order valence-corrected chi connectivity index (χ1v) is 45.8. The molecule has 0 spiro atoms. The topological polar surface area (TPSA) is 199 Å². The number of allylic oxidation sites excluding steroid dienone is 1. The Kier molecular flexibility index (Phi) is 37.2. The quantitative estimate of drug-likeness (QED) is 0.00872. The Labute approximate surface area is 764 Å². The fourth-order valence-electron chi connectivity index (χ4n) is 14.9. The van der Waals surface area contributed by atoms with Gasteiger partial charge in [-0.15, -0.1) is 6.58 Å². The second-order valence-electron chi connectivity index (χ2n) is 36.7. The summed E-state index contributed by atoms with van der Waals surface area (Å²) in [6.45, 7) is 19.5. The summed E-state index contributed by atoms with van der Waals surface area (Å²) in [5.41, 5.74) is -2.68. The average molecular weight is 1930 g/mol. The van der Waals surface area contributed by atoms with Crippen LogP contribution in [0.5, 0.6) is 0 Å². The van der Waals surface area contributed by atoms with Gasteiger partial charge in [0.15, 0.2) is 45.5 Å². The van der Waals surface area contributed by atoms with Gasteiger partial charge in [-0.05, 0) is 126 Å². The third-order valence-electron chi connectivity index (χ3n) is 22.8. The molecule has 15 atom stereocenters. The molecule has 3 aliphatic heterocycles. The summed E-state index contributed by atoms with van der Waals surface area (Å²) in [7, 11) is -4.70. The maximum Gasteiger partial charge on any atom is 0.460 e. The summed E-state index contributed by atoms with van der Waals surface area (Å²) >= 11 is 0. The largest absolute Gasteiger partial charge is 0.460 e. The number of ether oxygens (including phenoxy) is 15. The lowest BCUT2D eigenvalue weighted by Gasteiger charge is -2.49. The molecule has 0 unspecified atom stereocenters. The first-order valence-electron chi connectivity index (χ1n) is 43.5. The van der Waals surface area contributed by atoms with E-state index in [1.165, 1.54) is 48.5 Å². The minimum Gasteiger partial charge on any atom is -0.454 e. The normalized spacial score (nSPS) is 23.6. The maximum atomic E-state index is 16.5. The molecule has 0 bridgehead atoms. The maximum absolute atomic E-state index is 16.5. The molecular formula is C96H117F17O19Si. The lowest BCUT2D eigenvalue weighted by molar-refractivity contribution is -0.461. The first kappa shape index (κ1) is 109. The summed E-state index contributed by atoms with van der Waals surface area (Å²) in [5.74, 6) is -60.4. The predicted octanol–water partition coefficient (Wildman–Crippen LogP) is 21.7. The zero-order valence-corrected chi connectivity index (χ0v) is 77.0. The number of benzene rings is 6. The van der Waals surface area contributed by atoms with Crippen molar-refractivity contribution in [3.8, 4) is 0 Å². The molecule has 19 nitrogen and oxygen atoms in total. The highest BCUT2D eigenvalue weighted by Gasteiger charge is 2.95. The van der Waals surface area contributed by atoms with Crippen molar-refractivity contribution in [2.24, 2.45) is 16.2 Å². The second kappa shape index (κ2) is 45.5. The number of alkyl halides is 17. The first-order chi connectivity index (χ1) is 62.1. The highest BCUT2D eigenvalue weighted by molar-refractivity contribution is 6.76. The molecule has 133 heavy (non-hydrogen) atoms. The fourth-order valence-corrected chi connectivity index (χ4v) is 19.4. The van der Waals surface area contributed by atoms with Gasteiger partial charge >= 0.3 is 65.5 Å². The van der Waals surface area contributed by atoms with E-state index in [0.717, 1.165) is 0 Å². The standard InChI is InChI=1S/C96H117F17O19Si/c1-15-16-35-49-117-80-77(130-83(114)86(6,7)8)74(121-54-65-42-29-20-30-43-65)71(118-51-62-36-23-17-24-37-62)68(127-80)57-124-81-78(131-84(115)87(9,10)11)75(122-55-66-44-31-21-32-45-66)72(119-52-63-38-25-18-26-39-63)69(128-81)58-125-82-79(132-85(116)88(12,13)14)76(123-56-67-46-33-22-34-47-67)73(120-53-64-40-27-19-28-41-64)70(129-82)59-126-133(60(2)3,61(4)5)50-48-89(97,98)90(99,100)91(101,102)92(103,104)93(105,106)94(107,108)95(109,110)96(111,112)113/h15,17-34,36-47,60-61,68-82H,1,16,35,48-59H2,2-14H3/t68-,69-,70-,71-,72-,73-,74+,75+,76+,77-,78-,79-,80-,81-,82-/m1/s1. The third-order valence-corrected chi connectivity index (χ3v) is 28.5. The molecule has 3 fully saturated rings. The second-order valence-corrected chi connectivity index (χ2v) is 41.8. The van der Waals surface area contributed by atoms with Crippen LogP contribution < -0.4 is 0 Å². The van der Waals surface area contributed by atoms with Gasteiger partial charge in [0, 0.05) is 6.42 Å². The summed E-state index contributed by atoms with van der Waals surface area (Å²) < 4.78 is 362. The number of hydrogen-bond donors (Lipinski definition) is 0. The molecule has 0 aliphatic carbocycles. The molecule has 0 amide bonds. The van der Waals surface area contributed by atoms with Crippen molar-refractivity contribution in [1.82, 2.24) is 0 Å². The van der Waals surface area contributed by atoms with Gasteiger partial charge < -0.3 is 75.5 Å². The number of rotatable bonds is 46. The fraction of sp³-hybridized carbons (Fsp3) is 0.573. The molecule has 6 aromatic rings. The minimum absolute atomic E-state index is 0.0324. The smallest absolute Gasteiger partial charge is 0.454 e. The predicted molar refractivity (Wildman–Crippen MR) is 453 cm³/mol. The van der Waals surface area contributed by atoms with Crippen molar-refractivity contribution in [3.63, 3.8) is 0 Å². The van der Waals surface area contributed by atoms with Gasteiger partial charge in [-0.3, -0.25) is 14.4 Å². The molecule has 0 aromatic heterocycles. The van der Waals surface area contributed by atoms with E-state index in [1.54, 1.807) is 181 Å². The molecule has 738 valence electrons. The van der Waals surface area contributed by atoms with E-state index in [0.29, 0.717) is 46.2 Å². The van der Waals surface area contributed by atoms with E-state index in [1.807, 2.05) is 48.5 Å². The molecule has 6 aromatic carbocycles. The molecule has 0 saturated carbocycles. The molecule has 0 N–H and O–H groups in total. The van der Waals surface area contributed by atoms with Crippen molar-refractivity contribution in [1.29, 1.82) is 0 Å². The van der Waals surface area contributed by atoms with Crippen LogP contribution >= 0.6 is 0 Å². The van der Waals surface area contributed by atoms with Crippen molar-refractivity contribution < 1.29 is 164 Å². The van der Waals surface area contributed by atoms with Gasteiger partial charge in [-0.25, -0.2) is 0 Å². The number of hydrogen-bond acceptors (Lipinski definition) is 19. The van der Waals surface area contributed by atoms with Gasteiger partial charge in [0.25, 0.3) is 0 Å². The van der Waals surface area contributed by atoms with E-state index in [-0.39, 0.29) is 46.2 Å². The zero-order valence-electron chi connectivity index (χ0n) is 76.0. The number of carbonyl (C=O) groups is 3. The van der Waals surface area contributed by atoms with Crippen molar-refractivity contribution in [2.75, 3.05) is 26.4 Å². The van der Waals surface area contributed by atoms with Gasteiger partial charge in [0.05, 0.1) is 82.3 Å². The summed E-state index contributed by atoms with van der Waals surface area (Å²) in [4.78, 5) is 44.2. The lowest BCUT2D eigenvalue weighted by atomic mass is 9.88. The molecular weight excluding hydrogens is 1810 g/mol. The van der Waals surface area contributed by atoms with E-state index < -0.39 is 226 Å². The lowest BCUT2D eigenvalue weighted by Crippen LogP contribution is -2.74. The molecule has 3 aliphatic rings. The van der Waals surface area contributed by atoms with Crippen LogP contribution in [0.3, 0.4) is 0 Å². The third kappa shape index (κ3) is 26.5. The molecule has 37 heteroatoms. The van der Waals surface area contributed by atoms with Crippen LogP contribution in [0, 0.1) is 16.2 Å². The summed E-state index contributed by atoms with van der Waals surface area (Å²) in [6, 6.07) is 50.6. The zero-order chi connectivity index (χ0) is 98.1. The molecule has 0 radical (unpaired) electrons. The number of halogens is 17. The van der Waals surface area contributed by atoms with Gasteiger partial charge in [-0.2, -0.15) is 74.6 Å². The molecule has 9 rings (SSSR count). The highest BCUT2D eigenvalue weighted by atomic mass is 28.4. The van der Waals surface area contributed by atoms with E-state index in [4.69, 9.17) is 75.5 Å². The van der Waals surface area contributed by atoms with Crippen LogP contribution in [0.1, 0.15) is 143 Å². The van der Waals surface area contributed by atoms with E-state index in [9.17, 15) is 53.9 Å². The van der Waals surface area contributed by atoms with Crippen molar-refractivity contribution in [2.45, 2.75) is 306 Å². The Morgan fingerprint density at radius 3 is 0.842 bits per heavy atom. The average Bonchev–Trinajstić information content (AvgIpc) is 0.692. The van der Waals surface area contributed by atoms with Crippen molar-refractivity contribution >= 4 is 26.2 Å². The van der Waals surface area contributed by atoms with Gasteiger partial charge in [-0.1, -0.05) is 216 Å². The highest BCUT2D eigenvalue weighted by Crippen LogP contribution is 2.65. The Bertz CT molecular complexity index is 4570. The van der Waals surface area contributed by atoms with E-state index in [2.05, 4.69) is 6.58 Å². The van der Waals surface area contributed by atoms with Crippen molar-refractivity contribution in [3.05, 3.63) is 228 Å². The van der Waals surface area contributed by atoms with E-state index >= 15 is 35.1 Å². The van der Waals surface area contributed by atoms with Crippen LogP contribution in [-0.4, -0.2) is 192 Å². The minimum atomic E-state index is -8.85. The molecule has 3 saturated heterocycles.